The van der Waals surface area contributed by atoms with Crippen molar-refractivity contribution in [2.75, 3.05) is 0 Å². The van der Waals surface area contributed by atoms with E-state index in [4.69, 9.17) is 0 Å². The van der Waals surface area contributed by atoms with E-state index in [1.165, 1.54) is 51.4 Å². The zero-order valence-electron chi connectivity index (χ0n) is 11.2. The van der Waals surface area contributed by atoms with Crippen molar-refractivity contribution in [1.82, 2.24) is 0 Å². The van der Waals surface area contributed by atoms with Gasteiger partial charge in [-0.2, -0.15) is 0 Å². The first-order valence-corrected chi connectivity index (χ1v) is 6.73. The predicted molar refractivity (Wildman–Crippen MR) is 68.8 cm³/mol. The molecule has 88 valence electrons. The van der Waals surface area contributed by atoms with Gasteiger partial charge in [0.2, 0.25) is 0 Å². The van der Waals surface area contributed by atoms with E-state index in [1.807, 2.05) is 13.8 Å². The Labute approximate surface area is 92.5 Å². The summed E-state index contributed by atoms with van der Waals surface area (Å²) >= 11 is 0. The molecule has 1 aliphatic rings. The van der Waals surface area contributed by atoms with Crippen LogP contribution in [0.15, 0.2) is 0 Å². The number of rotatable bonds is 0. The molecule has 0 radical (unpaired) electrons. The van der Waals surface area contributed by atoms with Crippen molar-refractivity contribution in [2.45, 2.75) is 86.0 Å². The minimum atomic E-state index is 0.833. The molecule has 0 N–H and O–H groups in total. The van der Waals surface area contributed by atoms with E-state index in [-0.39, 0.29) is 0 Å². The van der Waals surface area contributed by atoms with Crippen LogP contribution >= 0.6 is 0 Å². The Kier molecular flexibility index (Phi) is 18.2. The van der Waals surface area contributed by atoms with Gasteiger partial charge in [-0.3, -0.25) is 0 Å². The van der Waals surface area contributed by atoms with Gasteiger partial charge in [0.15, 0.2) is 0 Å². The van der Waals surface area contributed by atoms with Crippen LogP contribution in [0.4, 0.5) is 0 Å². The maximum atomic E-state index is 2.17. The van der Waals surface area contributed by atoms with Gasteiger partial charge < -0.3 is 0 Å². The summed E-state index contributed by atoms with van der Waals surface area (Å²) in [6.07, 6.45) is 12.0. The van der Waals surface area contributed by atoms with Crippen LogP contribution in [0, 0.1) is 5.92 Å². The molecule has 0 aromatic carbocycles. The predicted octanol–water partition coefficient (Wildman–Crippen LogP) is 5.81. The molecule has 14 heavy (non-hydrogen) atoms. The maximum absolute atomic E-state index is 2.17. The van der Waals surface area contributed by atoms with E-state index in [0.717, 1.165) is 5.92 Å². The van der Waals surface area contributed by atoms with Crippen molar-refractivity contribution in [3.63, 3.8) is 0 Å². The third kappa shape index (κ3) is 22.7. The highest BCUT2D eigenvalue weighted by Crippen LogP contribution is 2.15. The second-order valence-corrected chi connectivity index (χ2v) is 4.56. The highest BCUT2D eigenvalue weighted by molar-refractivity contribution is 4.51. The van der Waals surface area contributed by atoms with Crippen LogP contribution in [0.5, 0.6) is 0 Å². The molecule has 1 fully saturated rings. The molecule has 0 bridgehead atoms. The van der Waals surface area contributed by atoms with E-state index >= 15 is 0 Å². The fraction of sp³-hybridized carbons (Fsp3) is 1.00. The summed E-state index contributed by atoms with van der Waals surface area (Å²) in [7, 11) is 0. The molecular formula is C14H32. The van der Waals surface area contributed by atoms with E-state index in [2.05, 4.69) is 20.8 Å². The van der Waals surface area contributed by atoms with E-state index in [0.29, 0.717) is 0 Å². The molecule has 1 aliphatic carbocycles. The van der Waals surface area contributed by atoms with Crippen LogP contribution in [0.25, 0.3) is 0 Å². The van der Waals surface area contributed by atoms with Crippen LogP contribution in [0.1, 0.15) is 86.0 Å². The molecule has 1 rings (SSSR count). The van der Waals surface area contributed by atoms with E-state index in [9.17, 15) is 0 Å². The molecule has 0 spiro atoms. The third-order valence-corrected chi connectivity index (χ3v) is 2.00. The van der Waals surface area contributed by atoms with E-state index in [1.54, 1.807) is 0 Å². The standard InChI is InChI=1S/C8H16.C4H10.C2H6/c1-2-4-6-8-7-5-3-1;1-4(2)3;1-2/h1-8H2;4H,1-3H3;1-2H3. The number of hydrogen-bond acceptors (Lipinski definition) is 0. The van der Waals surface area contributed by atoms with Crippen LogP contribution in [-0.4, -0.2) is 0 Å². The van der Waals surface area contributed by atoms with Crippen molar-refractivity contribution in [1.29, 1.82) is 0 Å². The van der Waals surface area contributed by atoms with Crippen LogP contribution in [0.3, 0.4) is 0 Å². The Morgan fingerprint density at radius 1 is 0.500 bits per heavy atom. The quantitative estimate of drug-likeness (QED) is 0.463. The highest BCUT2D eigenvalue weighted by atomic mass is 14.0. The van der Waals surface area contributed by atoms with Crippen LogP contribution < -0.4 is 0 Å². The molecule has 0 heteroatoms. The average Bonchev–Trinajstić information content (AvgIpc) is 2.05. The molecule has 0 aromatic heterocycles. The Morgan fingerprint density at radius 2 is 0.571 bits per heavy atom. The summed E-state index contributed by atoms with van der Waals surface area (Å²) in [6.45, 7) is 10.5. The lowest BCUT2D eigenvalue weighted by atomic mass is 10.0. The molecule has 0 heterocycles. The Bertz CT molecular complexity index is 47.4. The normalized spacial score (nSPS) is 16.7. The maximum Gasteiger partial charge on any atom is -0.0500 e. The third-order valence-electron chi connectivity index (χ3n) is 2.00. The summed E-state index contributed by atoms with van der Waals surface area (Å²) in [5, 5.41) is 0. The van der Waals surface area contributed by atoms with Gasteiger partial charge in [0.05, 0.1) is 0 Å². The molecule has 0 aliphatic heterocycles. The fourth-order valence-corrected chi connectivity index (χ4v) is 1.41. The molecule has 1 saturated carbocycles. The first kappa shape index (κ1) is 16.4. The van der Waals surface area contributed by atoms with Crippen molar-refractivity contribution < 1.29 is 0 Å². The summed E-state index contributed by atoms with van der Waals surface area (Å²) < 4.78 is 0. The molecule has 0 amide bonds. The lowest BCUT2D eigenvalue weighted by Crippen LogP contribution is -1.85. The first-order valence-electron chi connectivity index (χ1n) is 6.73. The van der Waals surface area contributed by atoms with Gasteiger partial charge in [0, 0.05) is 0 Å². The van der Waals surface area contributed by atoms with Crippen molar-refractivity contribution >= 4 is 0 Å². The summed E-state index contributed by atoms with van der Waals surface area (Å²) in [4.78, 5) is 0. The smallest absolute Gasteiger partial charge is 0.0500 e. The van der Waals surface area contributed by atoms with Crippen LogP contribution in [-0.2, 0) is 0 Å². The Hall–Kier alpha value is 0. The summed E-state index contributed by atoms with van der Waals surface area (Å²) in [5.41, 5.74) is 0. The van der Waals surface area contributed by atoms with Gasteiger partial charge in [-0.15, -0.1) is 0 Å². The lowest BCUT2D eigenvalue weighted by Gasteiger charge is -2.05. The zero-order chi connectivity index (χ0) is 11.2. The monoisotopic (exact) mass is 200 g/mol. The zero-order valence-corrected chi connectivity index (χ0v) is 11.2. The lowest BCUT2D eigenvalue weighted by molar-refractivity contribution is 0.504. The minimum Gasteiger partial charge on any atom is -0.0683 e. The van der Waals surface area contributed by atoms with Gasteiger partial charge in [-0.1, -0.05) is 86.0 Å². The van der Waals surface area contributed by atoms with Crippen molar-refractivity contribution in [3.8, 4) is 0 Å². The average molecular weight is 200 g/mol. The van der Waals surface area contributed by atoms with Crippen molar-refractivity contribution in [3.05, 3.63) is 0 Å². The molecule has 0 aromatic rings. The Morgan fingerprint density at radius 3 is 0.643 bits per heavy atom. The molecular weight excluding hydrogens is 168 g/mol. The SMILES string of the molecule is C1CCCCCCC1.CC.CC(C)C. The van der Waals surface area contributed by atoms with E-state index < -0.39 is 0 Å². The number of hydrogen-bond donors (Lipinski definition) is 0. The second-order valence-electron chi connectivity index (χ2n) is 4.56. The van der Waals surface area contributed by atoms with Gasteiger partial charge >= 0.3 is 0 Å². The minimum absolute atomic E-state index is 0.833. The van der Waals surface area contributed by atoms with Crippen LogP contribution in [0.2, 0.25) is 0 Å². The van der Waals surface area contributed by atoms with Gasteiger partial charge in [0.25, 0.3) is 0 Å². The Balaban J connectivity index is 0. The molecule has 0 nitrogen and oxygen atoms in total. The van der Waals surface area contributed by atoms with Gasteiger partial charge in [-0.25, -0.2) is 0 Å². The van der Waals surface area contributed by atoms with Gasteiger partial charge in [0.1, 0.15) is 0 Å². The summed E-state index contributed by atoms with van der Waals surface area (Å²) in [5.74, 6) is 0.833. The molecule has 0 saturated heterocycles. The summed E-state index contributed by atoms with van der Waals surface area (Å²) in [6, 6.07) is 0. The second kappa shape index (κ2) is 15.5. The topological polar surface area (TPSA) is 0 Å². The largest absolute Gasteiger partial charge is 0.0683 e. The molecule has 0 unspecified atom stereocenters. The van der Waals surface area contributed by atoms with Gasteiger partial charge in [-0.05, 0) is 5.92 Å². The highest BCUT2D eigenvalue weighted by Gasteiger charge is 1.95. The fourth-order valence-electron chi connectivity index (χ4n) is 1.41. The van der Waals surface area contributed by atoms with Crippen molar-refractivity contribution in [2.24, 2.45) is 5.92 Å². The first-order chi connectivity index (χ1) is 6.73. The molecule has 0 atom stereocenters.